The number of aryl methyl sites for hydroxylation is 1. The van der Waals surface area contributed by atoms with E-state index in [1.54, 1.807) is 0 Å². The molecule has 4 nitrogen and oxygen atoms in total. The molecule has 0 saturated carbocycles. The maximum Gasteiger partial charge on any atom is 0.160 e. The topological polar surface area (TPSA) is 39.9 Å². The maximum absolute atomic E-state index is 6.07. The third-order valence-electron chi connectivity index (χ3n) is 3.79. The van der Waals surface area contributed by atoms with Gasteiger partial charge in [-0.05, 0) is 38.8 Å². The Kier molecular flexibility index (Phi) is 3.23. The van der Waals surface area contributed by atoms with Crippen molar-refractivity contribution in [2.24, 2.45) is 0 Å². The van der Waals surface area contributed by atoms with Gasteiger partial charge in [0, 0.05) is 12.3 Å². The van der Waals surface area contributed by atoms with Crippen LogP contribution in [0.4, 0.5) is 0 Å². The number of hydrogen-bond acceptors (Lipinski definition) is 3. The first kappa shape index (κ1) is 12.9. The number of nitrogens with zero attached hydrogens (tertiary/aromatic N) is 3. The van der Waals surface area contributed by atoms with Gasteiger partial charge in [0.05, 0.1) is 18.0 Å². The van der Waals surface area contributed by atoms with Crippen molar-refractivity contribution in [3.05, 3.63) is 23.7 Å². The molecule has 1 aliphatic rings. The summed E-state index contributed by atoms with van der Waals surface area (Å²) in [6, 6.07) is 3.99. The smallest absolute Gasteiger partial charge is 0.160 e. The first-order valence-electron chi connectivity index (χ1n) is 6.63. The Bertz CT molecular complexity index is 602. The fourth-order valence-corrected chi connectivity index (χ4v) is 3.03. The molecule has 3 rings (SSSR count). The van der Waals surface area contributed by atoms with Gasteiger partial charge < -0.3 is 9.30 Å². The average Bonchev–Trinajstić information content (AvgIpc) is 2.78. The number of rotatable bonds is 2. The molecule has 1 atom stereocenters. The van der Waals surface area contributed by atoms with Crippen molar-refractivity contribution in [2.45, 2.75) is 38.1 Å². The number of pyridine rings is 1. The predicted octanol–water partition coefficient (Wildman–Crippen LogP) is 3.00. The number of hydrogen-bond donors (Lipinski definition) is 0. The Morgan fingerprint density at radius 2 is 2.26 bits per heavy atom. The minimum absolute atomic E-state index is 0.0992. The molecule has 1 aliphatic heterocycles. The van der Waals surface area contributed by atoms with Crippen LogP contribution in [0.2, 0.25) is 0 Å². The molecule has 3 heterocycles. The van der Waals surface area contributed by atoms with E-state index in [2.05, 4.69) is 21.5 Å². The van der Waals surface area contributed by atoms with Gasteiger partial charge in [0.25, 0.3) is 0 Å². The highest BCUT2D eigenvalue weighted by Gasteiger charge is 2.33. The Morgan fingerprint density at radius 1 is 1.42 bits per heavy atom. The average molecular weight is 280 g/mol. The minimum atomic E-state index is -0.0992. The summed E-state index contributed by atoms with van der Waals surface area (Å²) in [5, 5.41) is 0. The van der Waals surface area contributed by atoms with E-state index in [9.17, 15) is 0 Å². The molecular formula is C14H18ClN3O. The fourth-order valence-electron chi connectivity index (χ4n) is 2.85. The van der Waals surface area contributed by atoms with Gasteiger partial charge in [-0.1, -0.05) is 0 Å². The summed E-state index contributed by atoms with van der Waals surface area (Å²) in [7, 11) is 0. The van der Waals surface area contributed by atoms with Crippen LogP contribution in [0.1, 0.15) is 31.3 Å². The summed E-state index contributed by atoms with van der Waals surface area (Å²) in [6.45, 7) is 5.73. The normalized spacial score (nSPS) is 23.9. The van der Waals surface area contributed by atoms with Gasteiger partial charge in [-0.3, -0.25) is 0 Å². The van der Waals surface area contributed by atoms with Gasteiger partial charge in [-0.2, -0.15) is 0 Å². The zero-order chi connectivity index (χ0) is 13.5. The molecule has 0 spiro atoms. The monoisotopic (exact) mass is 279 g/mol. The number of fused-ring (bicyclic) bond motifs is 1. The predicted molar refractivity (Wildman–Crippen MR) is 75.5 cm³/mol. The molecule has 0 amide bonds. The van der Waals surface area contributed by atoms with Crippen LogP contribution in [0.25, 0.3) is 11.2 Å². The van der Waals surface area contributed by atoms with Crippen molar-refractivity contribution >= 4 is 22.8 Å². The Morgan fingerprint density at radius 3 is 2.95 bits per heavy atom. The summed E-state index contributed by atoms with van der Waals surface area (Å²) >= 11 is 6.07. The number of ether oxygens (including phenoxy) is 1. The van der Waals surface area contributed by atoms with E-state index in [-0.39, 0.29) is 5.54 Å². The van der Waals surface area contributed by atoms with Crippen LogP contribution in [0, 0.1) is 6.92 Å². The van der Waals surface area contributed by atoms with Crippen molar-refractivity contribution < 1.29 is 4.74 Å². The van der Waals surface area contributed by atoms with E-state index in [1.165, 1.54) is 0 Å². The van der Waals surface area contributed by atoms with Gasteiger partial charge in [-0.25, -0.2) is 9.97 Å². The van der Waals surface area contributed by atoms with Crippen molar-refractivity contribution in [1.29, 1.82) is 0 Å². The van der Waals surface area contributed by atoms with E-state index in [0.717, 1.165) is 42.1 Å². The van der Waals surface area contributed by atoms with Crippen LogP contribution in [0.5, 0.6) is 0 Å². The second kappa shape index (κ2) is 4.76. The molecule has 102 valence electrons. The molecule has 0 aromatic carbocycles. The zero-order valence-electron chi connectivity index (χ0n) is 11.3. The highest BCUT2D eigenvalue weighted by Crippen LogP contribution is 2.32. The second-order valence-electron chi connectivity index (χ2n) is 5.45. The minimum Gasteiger partial charge on any atom is -0.379 e. The van der Waals surface area contributed by atoms with Crippen LogP contribution in [0.15, 0.2) is 12.1 Å². The molecular weight excluding hydrogens is 262 g/mol. The van der Waals surface area contributed by atoms with Crippen molar-refractivity contribution in [3.8, 4) is 0 Å². The lowest BCUT2D eigenvalue weighted by Gasteiger charge is -2.36. The van der Waals surface area contributed by atoms with Crippen LogP contribution >= 0.6 is 11.6 Å². The van der Waals surface area contributed by atoms with Crippen LogP contribution in [-0.2, 0) is 16.2 Å². The molecule has 19 heavy (non-hydrogen) atoms. The summed E-state index contributed by atoms with van der Waals surface area (Å²) in [6.07, 6.45) is 2.13. The largest absolute Gasteiger partial charge is 0.379 e. The summed E-state index contributed by atoms with van der Waals surface area (Å²) < 4.78 is 7.85. The van der Waals surface area contributed by atoms with Gasteiger partial charge in [0.15, 0.2) is 5.65 Å². The van der Waals surface area contributed by atoms with Crippen LogP contribution in [0.3, 0.4) is 0 Å². The molecule has 2 aromatic rings. The Hall–Kier alpha value is -1.13. The van der Waals surface area contributed by atoms with E-state index >= 15 is 0 Å². The third-order valence-corrected chi connectivity index (χ3v) is 4.03. The summed E-state index contributed by atoms with van der Waals surface area (Å²) in [5.74, 6) is 1.27. The summed E-state index contributed by atoms with van der Waals surface area (Å²) in [4.78, 5) is 9.26. The van der Waals surface area contributed by atoms with Crippen LogP contribution < -0.4 is 0 Å². The first-order valence-corrected chi connectivity index (χ1v) is 7.17. The number of aromatic nitrogens is 3. The Labute approximate surface area is 117 Å². The number of halogens is 1. The van der Waals surface area contributed by atoms with Gasteiger partial charge in [0.1, 0.15) is 11.3 Å². The Balaban J connectivity index is 2.22. The third kappa shape index (κ3) is 2.13. The number of imidazole rings is 1. The summed E-state index contributed by atoms with van der Waals surface area (Å²) in [5.41, 5.74) is 2.73. The quantitative estimate of drug-likeness (QED) is 0.794. The zero-order valence-corrected chi connectivity index (χ0v) is 12.1. The highest BCUT2D eigenvalue weighted by molar-refractivity contribution is 6.16. The van der Waals surface area contributed by atoms with Crippen LogP contribution in [-0.4, -0.2) is 27.7 Å². The second-order valence-corrected chi connectivity index (χ2v) is 5.71. The van der Waals surface area contributed by atoms with E-state index < -0.39 is 0 Å². The SMILES string of the molecule is Cc1ccc2nc(CCl)n(C3(C)CCCOC3)c2n1. The fraction of sp³-hybridized carbons (Fsp3) is 0.571. The van der Waals surface area contributed by atoms with Crippen molar-refractivity contribution in [1.82, 2.24) is 14.5 Å². The molecule has 1 fully saturated rings. The molecule has 1 unspecified atom stereocenters. The van der Waals surface area contributed by atoms with Crippen molar-refractivity contribution in [3.63, 3.8) is 0 Å². The van der Waals surface area contributed by atoms with Crippen molar-refractivity contribution in [2.75, 3.05) is 13.2 Å². The standard InChI is InChI=1S/C14H18ClN3O/c1-10-4-5-11-13(16-10)18(12(8-15)17-11)14(2)6-3-7-19-9-14/h4-5H,3,6-9H2,1-2H3. The lowest BCUT2D eigenvalue weighted by molar-refractivity contribution is 0.0102. The molecule has 5 heteroatoms. The highest BCUT2D eigenvalue weighted by atomic mass is 35.5. The van der Waals surface area contributed by atoms with E-state index in [1.807, 2.05) is 19.1 Å². The van der Waals surface area contributed by atoms with Gasteiger partial charge in [-0.15, -0.1) is 11.6 Å². The van der Waals surface area contributed by atoms with E-state index in [0.29, 0.717) is 12.5 Å². The lowest BCUT2D eigenvalue weighted by Crippen LogP contribution is -2.40. The molecule has 2 aromatic heterocycles. The van der Waals surface area contributed by atoms with E-state index in [4.69, 9.17) is 16.3 Å². The maximum atomic E-state index is 6.07. The molecule has 0 aliphatic carbocycles. The van der Waals surface area contributed by atoms with Gasteiger partial charge in [0.2, 0.25) is 0 Å². The molecule has 0 N–H and O–H groups in total. The number of alkyl halides is 1. The van der Waals surface area contributed by atoms with Gasteiger partial charge >= 0.3 is 0 Å². The lowest BCUT2D eigenvalue weighted by atomic mass is 9.94. The molecule has 0 bridgehead atoms. The molecule has 0 radical (unpaired) electrons. The molecule has 1 saturated heterocycles. The first-order chi connectivity index (χ1) is 9.14.